The van der Waals surface area contributed by atoms with Gasteiger partial charge in [0.05, 0.1) is 0 Å². The van der Waals surface area contributed by atoms with Gasteiger partial charge in [0.15, 0.2) is 0 Å². The second kappa shape index (κ2) is 3.00. The molecule has 58 valence electrons. The monoisotopic (exact) mass is 216 g/mol. The molecule has 0 aliphatic rings. The molecule has 1 rings (SSSR count). The number of amidine groups is 1. The van der Waals surface area contributed by atoms with Crippen molar-refractivity contribution >= 4 is 21.8 Å². The average molecular weight is 217 g/mol. The van der Waals surface area contributed by atoms with Crippen LogP contribution in [0.4, 0.5) is 4.39 Å². The fraction of sp³-hybridized carbons (Fsp3) is 0. The van der Waals surface area contributed by atoms with Gasteiger partial charge in [-0.15, -0.1) is 0 Å². The second-order valence-corrected chi connectivity index (χ2v) is 2.89. The molecule has 0 amide bonds. The molecule has 0 spiro atoms. The van der Waals surface area contributed by atoms with E-state index in [1.165, 1.54) is 18.2 Å². The minimum Gasteiger partial charge on any atom is -0.384 e. The summed E-state index contributed by atoms with van der Waals surface area (Å²) in [6, 6.07) is 4.00. The molecule has 2 nitrogen and oxygen atoms in total. The number of nitrogens with two attached hydrogens (primary N) is 1. The van der Waals surface area contributed by atoms with Gasteiger partial charge in [0, 0.05) is 10.0 Å². The Morgan fingerprint density at radius 2 is 2.18 bits per heavy atom. The maximum absolute atomic E-state index is 12.5. The first kappa shape index (κ1) is 8.20. The quantitative estimate of drug-likeness (QED) is 0.547. The van der Waals surface area contributed by atoms with Crippen molar-refractivity contribution in [2.45, 2.75) is 0 Å². The Morgan fingerprint density at radius 3 is 2.64 bits per heavy atom. The molecule has 0 saturated carbocycles. The Hall–Kier alpha value is -0.900. The lowest BCUT2D eigenvalue weighted by Crippen LogP contribution is -2.11. The molecular formula is C7H6BrFN2. The molecule has 0 saturated heterocycles. The summed E-state index contributed by atoms with van der Waals surface area (Å²) in [5.41, 5.74) is 5.70. The van der Waals surface area contributed by atoms with Gasteiger partial charge in [-0.25, -0.2) is 4.39 Å². The van der Waals surface area contributed by atoms with Crippen LogP contribution in [0, 0.1) is 11.2 Å². The van der Waals surface area contributed by atoms with Gasteiger partial charge in [-0.05, 0) is 34.1 Å². The summed E-state index contributed by atoms with van der Waals surface area (Å²) >= 11 is 3.09. The molecule has 0 atom stereocenters. The van der Waals surface area contributed by atoms with Crippen molar-refractivity contribution in [3.05, 3.63) is 34.1 Å². The molecule has 1 aromatic rings. The minimum atomic E-state index is -0.345. The van der Waals surface area contributed by atoms with Crippen LogP contribution in [-0.2, 0) is 0 Å². The van der Waals surface area contributed by atoms with E-state index >= 15 is 0 Å². The summed E-state index contributed by atoms with van der Waals surface area (Å²) < 4.78 is 13.0. The Balaban J connectivity index is 3.20. The van der Waals surface area contributed by atoms with Crippen LogP contribution in [-0.4, -0.2) is 5.84 Å². The largest absolute Gasteiger partial charge is 0.384 e. The first-order chi connectivity index (χ1) is 5.11. The molecule has 0 fully saturated rings. The van der Waals surface area contributed by atoms with Gasteiger partial charge in [-0.1, -0.05) is 0 Å². The van der Waals surface area contributed by atoms with Gasteiger partial charge >= 0.3 is 0 Å². The maximum Gasteiger partial charge on any atom is 0.124 e. The summed E-state index contributed by atoms with van der Waals surface area (Å²) in [6.07, 6.45) is 0. The number of nitrogen functional groups attached to an aromatic ring is 1. The predicted octanol–water partition coefficient (Wildman–Crippen LogP) is 1.87. The Kier molecular flexibility index (Phi) is 2.24. The normalized spacial score (nSPS) is 9.64. The summed E-state index contributed by atoms with van der Waals surface area (Å²) in [4.78, 5) is 0. The van der Waals surface area contributed by atoms with Crippen LogP contribution in [0.5, 0.6) is 0 Å². The van der Waals surface area contributed by atoms with E-state index in [9.17, 15) is 4.39 Å². The molecule has 0 heterocycles. The first-order valence-electron chi connectivity index (χ1n) is 2.90. The van der Waals surface area contributed by atoms with E-state index in [0.29, 0.717) is 10.0 Å². The Labute approximate surface area is 71.9 Å². The highest BCUT2D eigenvalue weighted by Gasteiger charge is 2.02. The molecule has 3 N–H and O–H groups in total. The number of hydrogen-bond acceptors (Lipinski definition) is 1. The minimum absolute atomic E-state index is 0.0723. The van der Waals surface area contributed by atoms with Gasteiger partial charge in [0.25, 0.3) is 0 Å². The second-order valence-electron chi connectivity index (χ2n) is 2.04. The maximum atomic E-state index is 12.5. The average Bonchev–Trinajstić information content (AvgIpc) is 1.85. The van der Waals surface area contributed by atoms with Crippen LogP contribution in [0.2, 0.25) is 0 Å². The predicted molar refractivity (Wildman–Crippen MR) is 45.1 cm³/mol. The van der Waals surface area contributed by atoms with Crippen LogP contribution in [0.1, 0.15) is 5.56 Å². The van der Waals surface area contributed by atoms with Crippen LogP contribution in [0.25, 0.3) is 0 Å². The SMILES string of the molecule is N=C(N)c1ccc(F)cc1Br. The third kappa shape index (κ3) is 1.77. The third-order valence-electron chi connectivity index (χ3n) is 1.22. The molecule has 0 radical (unpaired) electrons. The van der Waals surface area contributed by atoms with Crippen LogP contribution in [0.15, 0.2) is 22.7 Å². The van der Waals surface area contributed by atoms with E-state index in [1.807, 2.05) is 0 Å². The molecule has 0 bridgehead atoms. The van der Waals surface area contributed by atoms with E-state index in [1.54, 1.807) is 0 Å². The summed E-state index contributed by atoms with van der Waals surface area (Å²) in [5, 5.41) is 7.07. The van der Waals surface area contributed by atoms with E-state index in [4.69, 9.17) is 11.1 Å². The Morgan fingerprint density at radius 1 is 1.55 bits per heavy atom. The smallest absolute Gasteiger partial charge is 0.124 e. The fourth-order valence-corrected chi connectivity index (χ4v) is 1.27. The topological polar surface area (TPSA) is 49.9 Å². The molecule has 0 aliphatic heterocycles. The number of benzene rings is 1. The lowest BCUT2D eigenvalue weighted by molar-refractivity contribution is 0.627. The lowest BCUT2D eigenvalue weighted by Gasteiger charge is -2.00. The zero-order valence-corrected chi connectivity index (χ0v) is 7.15. The lowest BCUT2D eigenvalue weighted by atomic mass is 10.2. The standard InChI is InChI=1S/C7H6BrFN2/c8-6-3-4(9)1-2-5(6)7(10)11/h1-3H,(H3,10,11). The van der Waals surface area contributed by atoms with Crippen LogP contribution < -0.4 is 5.73 Å². The van der Waals surface area contributed by atoms with Crippen molar-refractivity contribution in [3.8, 4) is 0 Å². The zero-order chi connectivity index (χ0) is 8.43. The molecular weight excluding hydrogens is 211 g/mol. The highest BCUT2D eigenvalue weighted by molar-refractivity contribution is 9.10. The van der Waals surface area contributed by atoms with Crippen molar-refractivity contribution < 1.29 is 4.39 Å². The first-order valence-corrected chi connectivity index (χ1v) is 3.70. The van der Waals surface area contributed by atoms with Crippen molar-refractivity contribution in [2.24, 2.45) is 5.73 Å². The number of halogens is 2. The fourth-order valence-electron chi connectivity index (χ4n) is 0.708. The summed E-state index contributed by atoms with van der Waals surface area (Å²) in [6.45, 7) is 0. The van der Waals surface area contributed by atoms with Crippen molar-refractivity contribution in [1.29, 1.82) is 5.41 Å². The van der Waals surface area contributed by atoms with E-state index < -0.39 is 0 Å². The van der Waals surface area contributed by atoms with Gasteiger partial charge in [0.1, 0.15) is 11.7 Å². The molecule has 0 aromatic heterocycles. The summed E-state index contributed by atoms with van der Waals surface area (Å²) in [5.74, 6) is -0.418. The third-order valence-corrected chi connectivity index (χ3v) is 1.88. The van der Waals surface area contributed by atoms with Gasteiger partial charge < -0.3 is 5.73 Å². The summed E-state index contributed by atoms with van der Waals surface area (Å²) in [7, 11) is 0. The molecule has 0 aliphatic carbocycles. The number of nitrogens with one attached hydrogen (secondary N) is 1. The molecule has 0 unspecified atom stereocenters. The van der Waals surface area contributed by atoms with E-state index in [0.717, 1.165) is 0 Å². The van der Waals surface area contributed by atoms with Crippen LogP contribution in [0.3, 0.4) is 0 Å². The molecule has 1 aromatic carbocycles. The number of rotatable bonds is 1. The van der Waals surface area contributed by atoms with Crippen molar-refractivity contribution in [2.75, 3.05) is 0 Å². The Bertz CT molecular complexity index is 298. The van der Waals surface area contributed by atoms with E-state index in [-0.39, 0.29) is 11.7 Å². The van der Waals surface area contributed by atoms with Crippen molar-refractivity contribution in [3.63, 3.8) is 0 Å². The highest BCUT2D eigenvalue weighted by Crippen LogP contribution is 2.16. The van der Waals surface area contributed by atoms with Gasteiger partial charge in [-0.2, -0.15) is 0 Å². The van der Waals surface area contributed by atoms with Gasteiger partial charge in [-0.3, -0.25) is 5.41 Å². The number of hydrogen-bond donors (Lipinski definition) is 2. The van der Waals surface area contributed by atoms with E-state index in [2.05, 4.69) is 15.9 Å². The molecule has 11 heavy (non-hydrogen) atoms. The zero-order valence-electron chi connectivity index (χ0n) is 5.57. The molecule has 4 heteroatoms. The van der Waals surface area contributed by atoms with Crippen molar-refractivity contribution in [1.82, 2.24) is 0 Å². The van der Waals surface area contributed by atoms with Gasteiger partial charge in [0.2, 0.25) is 0 Å². The highest BCUT2D eigenvalue weighted by atomic mass is 79.9. The van der Waals surface area contributed by atoms with Crippen LogP contribution >= 0.6 is 15.9 Å².